The number of carbonyl (C=O) groups is 1. The van der Waals surface area contributed by atoms with Gasteiger partial charge in [0.2, 0.25) is 5.91 Å². The summed E-state index contributed by atoms with van der Waals surface area (Å²) >= 11 is 0. The van der Waals surface area contributed by atoms with E-state index >= 15 is 0 Å². The van der Waals surface area contributed by atoms with Gasteiger partial charge in [0, 0.05) is 5.69 Å². The van der Waals surface area contributed by atoms with Crippen LogP contribution in [0.25, 0.3) is 0 Å². The van der Waals surface area contributed by atoms with Crippen LogP contribution in [-0.4, -0.2) is 11.0 Å². The largest absolute Gasteiger partial charge is 0.384 e. The SMILES string of the molecule is Cc1ccc(C(O)c2cc(C)c3c(c2)C(C)(C)C(=O)N3)cc1. The summed E-state index contributed by atoms with van der Waals surface area (Å²) in [6.07, 6.45) is -0.684. The number of rotatable bonds is 2. The predicted octanol–water partition coefficient (Wildman–Crippen LogP) is 3.61. The molecule has 0 radical (unpaired) electrons. The summed E-state index contributed by atoms with van der Waals surface area (Å²) in [5, 5.41) is 13.6. The molecule has 1 aliphatic rings. The number of nitrogens with one attached hydrogen (secondary N) is 1. The molecule has 3 rings (SSSR count). The molecule has 0 fully saturated rings. The van der Waals surface area contributed by atoms with Crippen molar-refractivity contribution in [2.75, 3.05) is 5.32 Å². The zero-order valence-electron chi connectivity index (χ0n) is 13.4. The van der Waals surface area contributed by atoms with Crippen LogP contribution in [0.2, 0.25) is 0 Å². The van der Waals surface area contributed by atoms with Gasteiger partial charge in [-0.05, 0) is 56.0 Å². The van der Waals surface area contributed by atoms with Crippen molar-refractivity contribution in [1.29, 1.82) is 0 Å². The molecule has 0 bridgehead atoms. The molecule has 1 amide bonds. The van der Waals surface area contributed by atoms with E-state index in [1.54, 1.807) is 0 Å². The van der Waals surface area contributed by atoms with Gasteiger partial charge in [-0.2, -0.15) is 0 Å². The second-order valence-electron chi connectivity index (χ2n) is 6.65. The lowest BCUT2D eigenvalue weighted by atomic mass is 9.83. The molecule has 3 nitrogen and oxygen atoms in total. The molecule has 3 heteroatoms. The number of aliphatic hydroxyl groups excluding tert-OH is 1. The van der Waals surface area contributed by atoms with Crippen molar-refractivity contribution in [2.24, 2.45) is 0 Å². The van der Waals surface area contributed by atoms with E-state index in [1.807, 2.05) is 64.1 Å². The van der Waals surface area contributed by atoms with Crippen molar-refractivity contribution in [3.8, 4) is 0 Å². The molecule has 0 aromatic heterocycles. The van der Waals surface area contributed by atoms with E-state index in [4.69, 9.17) is 0 Å². The van der Waals surface area contributed by atoms with Gasteiger partial charge in [-0.25, -0.2) is 0 Å². The van der Waals surface area contributed by atoms with Gasteiger partial charge in [0.15, 0.2) is 0 Å². The Hall–Kier alpha value is -2.13. The summed E-state index contributed by atoms with van der Waals surface area (Å²) in [5.74, 6) is 0.00701. The van der Waals surface area contributed by atoms with Crippen molar-refractivity contribution in [2.45, 2.75) is 39.2 Å². The number of fused-ring (bicyclic) bond motifs is 1. The van der Waals surface area contributed by atoms with Crippen LogP contribution in [0.4, 0.5) is 5.69 Å². The van der Waals surface area contributed by atoms with Gasteiger partial charge in [0.05, 0.1) is 5.41 Å². The smallest absolute Gasteiger partial charge is 0.234 e. The summed E-state index contributed by atoms with van der Waals surface area (Å²) in [4.78, 5) is 12.1. The van der Waals surface area contributed by atoms with Crippen LogP contribution in [-0.2, 0) is 10.2 Å². The molecule has 0 spiro atoms. The molecule has 0 saturated carbocycles. The van der Waals surface area contributed by atoms with Crippen molar-refractivity contribution in [3.05, 3.63) is 64.2 Å². The molecule has 0 saturated heterocycles. The van der Waals surface area contributed by atoms with Crippen molar-refractivity contribution in [1.82, 2.24) is 0 Å². The highest BCUT2D eigenvalue weighted by Crippen LogP contribution is 2.41. The third-order valence-corrected chi connectivity index (χ3v) is 4.55. The first-order valence-corrected chi connectivity index (χ1v) is 7.52. The summed E-state index contributed by atoms with van der Waals surface area (Å²) in [6.45, 7) is 7.81. The highest BCUT2D eigenvalue weighted by atomic mass is 16.3. The summed E-state index contributed by atoms with van der Waals surface area (Å²) in [6, 6.07) is 11.8. The van der Waals surface area contributed by atoms with Gasteiger partial charge < -0.3 is 10.4 Å². The molecular formula is C19H21NO2. The minimum Gasteiger partial charge on any atom is -0.384 e. The third kappa shape index (κ3) is 2.22. The van der Waals surface area contributed by atoms with Gasteiger partial charge in [-0.15, -0.1) is 0 Å². The van der Waals surface area contributed by atoms with Crippen molar-refractivity contribution >= 4 is 11.6 Å². The zero-order valence-corrected chi connectivity index (χ0v) is 13.4. The van der Waals surface area contributed by atoms with Crippen LogP contribution in [0.5, 0.6) is 0 Å². The Bertz CT molecular complexity index is 745. The van der Waals surface area contributed by atoms with Crippen LogP contribution in [0.1, 0.15) is 47.8 Å². The summed E-state index contributed by atoms with van der Waals surface area (Å²) < 4.78 is 0. The first-order chi connectivity index (χ1) is 10.3. The number of aryl methyl sites for hydroxylation is 2. The Morgan fingerprint density at radius 3 is 2.32 bits per heavy atom. The fourth-order valence-corrected chi connectivity index (χ4v) is 2.97. The average molecular weight is 295 g/mol. The quantitative estimate of drug-likeness (QED) is 0.889. The molecule has 114 valence electrons. The van der Waals surface area contributed by atoms with Crippen molar-refractivity contribution < 1.29 is 9.90 Å². The van der Waals surface area contributed by atoms with Crippen LogP contribution in [0.15, 0.2) is 36.4 Å². The Labute approximate surface area is 131 Å². The number of benzene rings is 2. The normalized spacial score (nSPS) is 17.0. The van der Waals surface area contributed by atoms with Gasteiger partial charge >= 0.3 is 0 Å². The van der Waals surface area contributed by atoms with Crippen molar-refractivity contribution in [3.63, 3.8) is 0 Å². The van der Waals surface area contributed by atoms with Crippen LogP contribution >= 0.6 is 0 Å². The molecule has 2 N–H and O–H groups in total. The molecular weight excluding hydrogens is 274 g/mol. The fraction of sp³-hybridized carbons (Fsp3) is 0.316. The van der Waals surface area contributed by atoms with E-state index in [2.05, 4.69) is 5.32 Å². The minimum atomic E-state index is -0.684. The summed E-state index contributed by atoms with van der Waals surface area (Å²) in [5.41, 5.74) is 5.11. The van der Waals surface area contributed by atoms with Gasteiger partial charge in [0.25, 0.3) is 0 Å². The third-order valence-electron chi connectivity index (χ3n) is 4.55. The second-order valence-corrected chi connectivity index (χ2v) is 6.65. The Kier molecular flexibility index (Phi) is 3.33. The molecule has 1 atom stereocenters. The van der Waals surface area contributed by atoms with Gasteiger partial charge in [0.1, 0.15) is 6.10 Å². The highest BCUT2D eigenvalue weighted by molar-refractivity contribution is 6.06. The minimum absolute atomic E-state index is 0.00701. The molecule has 2 aromatic carbocycles. The maximum Gasteiger partial charge on any atom is 0.234 e. The average Bonchev–Trinajstić information content (AvgIpc) is 2.71. The summed E-state index contributed by atoms with van der Waals surface area (Å²) in [7, 11) is 0. The first-order valence-electron chi connectivity index (χ1n) is 7.52. The highest BCUT2D eigenvalue weighted by Gasteiger charge is 2.39. The van der Waals surface area contributed by atoms with E-state index in [-0.39, 0.29) is 5.91 Å². The molecule has 1 heterocycles. The van der Waals surface area contributed by atoms with Crippen LogP contribution in [0.3, 0.4) is 0 Å². The zero-order chi connectivity index (χ0) is 16.1. The monoisotopic (exact) mass is 295 g/mol. The maximum absolute atomic E-state index is 12.1. The van der Waals surface area contributed by atoms with E-state index in [0.29, 0.717) is 0 Å². The van der Waals surface area contributed by atoms with E-state index in [9.17, 15) is 9.90 Å². The molecule has 0 aliphatic carbocycles. The molecule has 2 aromatic rings. The van der Waals surface area contributed by atoms with Gasteiger partial charge in [-0.3, -0.25) is 4.79 Å². The molecule has 1 aliphatic heterocycles. The van der Waals surface area contributed by atoms with E-state index in [1.165, 1.54) is 0 Å². The Morgan fingerprint density at radius 2 is 1.68 bits per heavy atom. The molecule has 1 unspecified atom stereocenters. The number of hydrogen-bond acceptors (Lipinski definition) is 2. The number of amides is 1. The fourth-order valence-electron chi connectivity index (χ4n) is 2.97. The van der Waals surface area contributed by atoms with Crippen LogP contribution in [0, 0.1) is 13.8 Å². The van der Waals surface area contributed by atoms with Gasteiger partial charge in [-0.1, -0.05) is 35.9 Å². The predicted molar refractivity (Wildman–Crippen MR) is 88.1 cm³/mol. The Balaban J connectivity index is 2.07. The maximum atomic E-state index is 12.1. The number of hydrogen-bond donors (Lipinski definition) is 2. The topological polar surface area (TPSA) is 49.3 Å². The first kappa shape index (κ1) is 14.8. The standard InChI is InChI=1S/C19H21NO2/c1-11-5-7-13(8-6-11)17(21)14-9-12(2)16-15(10-14)19(3,4)18(22)20-16/h5-10,17,21H,1-4H3,(H,20,22). The van der Waals surface area contributed by atoms with E-state index in [0.717, 1.165) is 33.5 Å². The lowest BCUT2D eigenvalue weighted by molar-refractivity contribution is -0.119. The lowest BCUT2D eigenvalue weighted by Gasteiger charge is -2.19. The number of aliphatic hydroxyl groups is 1. The lowest BCUT2D eigenvalue weighted by Crippen LogP contribution is -2.26. The molecule has 22 heavy (non-hydrogen) atoms. The second kappa shape index (κ2) is 4.96. The number of anilines is 1. The van der Waals surface area contributed by atoms with Crippen LogP contribution < -0.4 is 5.32 Å². The number of carbonyl (C=O) groups excluding carboxylic acids is 1. The van der Waals surface area contributed by atoms with E-state index < -0.39 is 11.5 Å². The Morgan fingerprint density at radius 1 is 1.05 bits per heavy atom.